The first kappa shape index (κ1) is 14.2. The molecule has 0 atom stereocenters. The van der Waals surface area contributed by atoms with Crippen LogP contribution in [-0.2, 0) is 12.4 Å². The molecular formula is C15H14Cl2FN. The van der Waals surface area contributed by atoms with Crippen LogP contribution in [0, 0.1) is 5.82 Å². The average Bonchev–Trinajstić information content (AvgIpc) is 2.41. The van der Waals surface area contributed by atoms with E-state index in [2.05, 4.69) is 0 Å². The summed E-state index contributed by atoms with van der Waals surface area (Å²) in [5, 5.41) is 0.726. The lowest BCUT2D eigenvalue weighted by atomic mass is 10.1. The molecule has 2 aromatic carbocycles. The minimum atomic E-state index is -0.273. The van der Waals surface area contributed by atoms with Crippen LogP contribution in [0.5, 0.6) is 0 Å². The van der Waals surface area contributed by atoms with Gasteiger partial charge in [-0.2, -0.15) is 0 Å². The van der Waals surface area contributed by atoms with Crippen molar-refractivity contribution >= 4 is 28.9 Å². The summed E-state index contributed by atoms with van der Waals surface area (Å²) >= 11 is 12.0. The maximum absolute atomic E-state index is 13.2. The van der Waals surface area contributed by atoms with Crippen molar-refractivity contribution in [1.29, 1.82) is 0 Å². The van der Waals surface area contributed by atoms with E-state index >= 15 is 0 Å². The van der Waals surface area contributed by atoms with E-state index in [9.17, 15) is 4.39 Å². The predicted molar refractivity (Wildman–Crippen MR) is 79.5 cm³/mol. The van der Waals surface area contributed by atoms with E-state index in [1.54, 1.807) is 6.07 Å². The smallest absolute Gasteiger partial charge is 0.123 e. The molecule has 0 saturated carbocycles. The Morgan fingerprint density at radius 2 is 1.84 bits per heavy atom. The molecule has 0 radical (unpaired) electrons. The second kappa shape index (κ2) is 6.27. The van der Waals surface area contributed by atoms with Crippen molar-refractivity contribution in [3.8, 4) is 0 Å². The van der Waals surface area contributed by atoms with Gasteiger partial charge in [-0.1, -0.05) is 29.8 Å². The predicted octanol–water partition coefficient (Wildman–Crippen LogP) is 4.85. The van der Waals surface area contributed by atoms with Crippen LogP contribution >= 0.6 is 23.2 Å². The topological polar surface area (TPSA) is 3.24 Å². The van der Waals surface area contributed by atoms with Crippen molar-refractivity contribution in [2.45, 2.75) is 12.4 Å². The maximum atomic E-state index is 13.2. The Morgan fingerprint density at radius 1 is 1.11 bits per heavy atom. The molecule has 2 aromatic rings. The molecule has 100 valence electrons. The number of hydrogen-bond donors (Lipinski definition) is 0. The summed E-state index contributed by atoms with van der Waals surface area (Å²) in [6, 6.07) is 12.3. The fraction of sp³-hybridized carbons (Fsp3) is 0.200. The van der Waals surface area contributed by atoms with E-state index in [1.807, 2.05) is 36.2 Å². The first-order valence-corrected chi connectivity index (χ1v) is 6.82. The van der Waals surface area contributed by atoms with Crippen molar-refractivity contribution in [3.63, 3.8) is 0 Å². The Hall–Kier alpha value is -1.25. The van der Waals surface area contributed by atoms with Crippen LogP contribution in [-0.4, -0.2) is 7.05 Å². The Kier molecular flexibility index (Phi) is 4.67. The lowest BCUT2D eigenvalue weighted by Crippen LogP contribution is -2.18. The average molecular weight is 298 g/mol. The van der Waals surface area contributed by atoms with Gasteiger partial charge in [0.05, 0.1) is 0 Å². The van der Waals surface area contributed by atoms with E-state index in [1.165, 1.54) is 12.1 Å². The summed E-state index contributed by atoms with van der Waals surface area (Å²) in [7, 11) is 1.94. The maximum Gasteiger partial charge on any atom is 0.123 e. The minimum Gasteiger partial charge on any atom is -0.370 e. The fourth-order valence-electron chi connectivity index (χ4n) is 2.00. The van der Waals surface area contributed by atoms with E-state index in [0.717, 1.165) is 21.8 Å². The molecule has 19 heavy (non-hydrogen) atoms. The molecule has 0 N–H and O–H groups in total. The van der Waals surface area contributed by atoms with Crippen molar-refractivity contribution in [3.05, 3.63) is 64.4 Å². The molecule has 1 nitrogen and oxygen atoms in total. The monoisotopic (exact) mass is 297 g/mol. The van der Waals surface area contributed by atoms with Gasteiger partial charge in [-0.3, -0.25) is 0 Å². The molecule has 0 aliphatic rings. The quantitative estimate of drug-likeness (QED) is 0.729. The van der Waals surface area contributed by atoms with Crippen molar-refractivity contribution in [2.75, 3.05) is 11.9 Å². The van der Waals surface area contributed by atoms with E-state index in [-0.39, 0.29) is 11.7 Å². The zero-order valence-corrected chi connectivity index (χ0v) is 12.0. The van der Waals surface area contributed by atoms with Crippen LogP contribution in [0.15, 0.2) is 42.5 Å². The highest BCUT2D eigenvalue weighted by Gasteiger charge is 2.10. The van der Waals surface area contributed by atoms with Gasteiger partial charge >= 0.3 is 0 Å². The summed E-state index contributed by atoms with van der Waals surface area (Å²) in [6.07, 6.45) is 0. The van der Waals surface area contributed by atoms with Gasteiger partial charge in [0.1, 0.15) is 5.82 Å². The molecule has 0 amide bonds. The standard InChI is InChI=1S/C15H14Cl2FN/c1-19(10-11-4-2-3-5-14(11)17)15-7-6-13(18)8-12(15)9-16/h2-8H,9-10H2,1H3. The van der Waals surface area contributed by atoms with Crippen LogP contribution < -0.4 is 4.90 Å². The van der Waals surface area contributed by atoms with Gasteiger partial charge in [0.2, 0.25) is 0 Å². The Bertz CT molecular complexity index is 572. The number of nitrogens with zero attached hydrogens (tertiary/aromatic N) is 1. The van der Waals surface area contributed by atoms with Crippen molar-refractivity contribution in [2.24, 2.45) is 0 Å². The number of hydrogen-bond acceptors (Lipinski definition) is 1. The molecule has 0 saturated heterocycles. The van der Waals surface area contributed by atoms with Crippen molar-refractivity contribution in [1.82, 2.24) is 0 Å². The number of halogens is 3. The minimum absolute atomic E-state index is 0.273. The van der Waals surface area contributed by atoms with Crippen LogP contribution in [0.3, 0.4) is 0 Å². The zero-order chi connectivity index (χ0) is 13.8. The van der Waals surface area contributed by atoms with Crippen LogP contribution in [0.25, 0.3) is 0 Å². The highest BCUT2D eigenvalue weighted by Crippen LogP contribution is 2.25. The molecule has 0 bridgehead atoms. The third-order valence-electron chi connectivity index (χ3n) is 2.96. The lowest BCUT2D eigenvalue weighted by Gasteiger charge is -2.22. The number of benzene rings is 2. The largest absolute Gasteiger partial charge is 0.370 e. The van der Waals surface area contributed by atoms with Gasteiger partial charge in [0, 0.05) is 30.2 Å². The Morgan fingerprint density at radius 3 is 2.53 bits per heavy atom. The number of rotatable bonds is 4. The van der Waals surface area contributed by atoms with E-state index < -0.39 is 0 Å². The first-order chi connectivity index (χ1) is 9.11. The van der Waals surface area contributed by atoms with Gasteiger partial charge in [-0.25, -0.2) is 4.39 Å². The second-order valence-corrected chi connectivity index (χ2v) is 5.03. The Labute approximate surface area is 122 Å². The second-order valence-electron chi connectivity index (χ2n) is 4.35. The van der Waals surface area contributed by atoms with Gasteiger partial charge in [-0.05, 0) is 35.4 Å². The van der Waals surface area contributed by atoms with Gasteiger partial charge in [-0.15, -0.1) is 11.6 Å². The SMILES string of the molecule is CN(Cc1ccccc1Cl)c1ccc(F)cc1CCl. The first-order valence-electron chi connectivity index (χ1n) is 5.90. The van der Waals surface area contributed by atoms with E-state index in [4.69, 9.17) is 23.2 Å². The van der Waals surface area contributed by atoms with Crippen molar-refractivity contribution < 1.29 is 4.39 Å². The van der Waals surface area contributed by atoms with Crippen LogP contribution in [0.4, 0.5) is 10.1 Å². The number of alkyl halides is 1. The van der Waals surface area contributed by atoms with E-state index in [0.29, 0.717) is 6.54 Å². The summed E-state index contributed by atoms with van der Waals surface area (Å²) in [5.41, 5.74) is 2.71. The van der Waals surface area contributed by atoms with Crippen LogP contribution in [0.1, 0.15) is 11.1 Å². The molecule has 0 fully saturated rings. The molecule has 2 rings (SSSR count). The molecule has 4 heteroatoms. The highest BCUT2D eigenvalue weighted by atomic mass is 35.5. The molecule has 0 spiro atoms. The molecular weight excluding hydrogens is 284 g/mol. The van der Waals surface area contributed by atoms with Gasteiger partial charge in [0.25, 0.3) is 0 Å². The molecule has 0 heterocycles. The summed E-state index contributed by atoms with van der Waals surface area (Å²) < 4.78 is 13.2. The third-order valence-corrected chi connectivity index (χ3v) is 3.62. The third kappa shape index (κ3) is 3.40. The molecule has 0 aliphatic heterocycles. The van der Waals surface area contributed by atoms with Gasteiger partial charge < -0.3 is 4.90 Å². The van der Waals surface area contributed by atoms with Gasteiger partial charge in [0.15, 0.2) is 0 Å². The summed E-state index contributed by atoms with van der Waals surface area (Å²) in [4.78, 5) is 2.01. The Balaban J connectivity index is 2.25. The zero-order valence-electron chi connectivity index (χ0n) is 10.5. The fourth-order valence-corrected chi connectivity index (χ4v) is 2.41. The summed E-state index contributed by atoms with van der Waals surface area (Å²) in [5.74, 6) is 0.00509. The molecule has 0 unspecified atom stereocenters. The number of anilines is 1. The molecule has 0 aromatic heterocycles. The highest BCUT2D eigenvalue weighted by molar-refractivity contribution is 6.31. The molecule has 0 aliphatic carbocycles. The lowest BCUT2D eigenvalue weighted by molar-refractivity contribution is 0.626. The van der Waals surface area contributed by atoms with Crippen LogP contribution in [0.2, 0.25) is 5.02 Å². The normalized spacial score (nSPS) is 10.5. The summed E-state index contributed by atoms with van der Waals surface area (Å²) in [6.45, 7) is 0.648.